The summed E-state index contributed by atoms with van der Waals surface area (Å²) in [7, 11) is 0. The molecule has 0 bridgehead atoms. The molecular formula is C36H22N4O2Zn. The summed E-state index contributed by atoms with van der Waals surface area (Å²) >= 11 is 0. The van der Waals surface area contributed by atoms with E-state index in [9.17, 15) is 10.2 Å². The number of pyridine rings is 2. The van der Waals surface area contributed by atoms with Gasteiger partial charge in [-0.15, -0.1) is 0 Å². The monoisotopic (exact) mass is 606 g/mol. The van der Waals surface area contributed by atoms with Crippen molar-refractivity contribution < 1.29 is 29.7 Å². The predicted octanol–water partition coefficient (Wildman–Crippen LogP) is 5.70. The van der Waals surface area contributed by atoms with E-state index in [1.54, 1.807) is 12.1 Å². The largest absolute Gasteiger partial charge is 2.00 e. The molecule has 4 aromatic carbocycles. The summed E-state index contributed by atoms with van der Waals surface area (Å²) in [5, 5.41) is 25.9. The number of aliphatic imine (C=N–C) groups is 2. The van der Waals surface area contributed by atoms with Gasteiger partial charge in [-0.05, 0) is 59.3 Å². The average Bonchev–Trinajstić information content (AvgIpc) is 3.52. The van der Waals surface area contributed by atoms with Gasteiger partial charge in [0.25, 0.3) is 0 Å². The number of nitrogens with zero attached hydrogens (tertiary/aromatic N) is 4. The molecule has 0 radical (unpaired) electrons. The van der Waals surface area contributed by atoms with Gasteiger partial charge in [0.15, 0.2) is 0 Å². The number of hydrogen-bond donors (Lipinski definition) is 0. The molecule has 8 rings (SSSR count). The van der Waals surface area contributed by atoms with Crippen LogP contribution in [-0.4, -0.2) is 21.8 Å². The van der Waals surface area contributed by atoms with Crippen molar-refractivity contribution >= 4 is 57.1 Å². The standard InChI is InChI=1S/2C18H12N2O.Zn/c2*21-18-15-7-3-2-6-14(15)17(20-18)11-13-10-9-12-5-1-4-8-16(12)19-13;/h2*1-11H,(H,20,21);/q;;+2/p-2/b2*17-11+;. The molecule has 0 saturated heterocycles. The molecule has 0 spiro atoms. The van der Waals surface area contributed by atoms with E-state index in [-0.39, 0.29) is 31.3 Å². The second-order valence-electron chi connectivity index (χ2n) is 9.84. The van der Waals surface area contributed by atoms with Crippen molar-refractivity contribution in [1.82, 2.24) is 9.97 Å². The quantitative estimate of drug-likeness (QED) is 0.236. The normalized spacial score (nSPS) is 14.9. The Morgan fingerprint density at radius 1 is 0.419 bits per heavy atom. The summed E-state index contributed by atoms with van der Waals surface area (Å²) in [5.41, 5.74) is 7.89. The van der Waals surface area contributed by atoms with Crippen molar-refractivity contribution in [3.05, 3.63) is 155 Å². The summed E-state index contributed by atoms with van der Waals surface area (Å²) in [4.78, 5) is 17.4. The number of fused-ring (bicyclic) bond motifs is 4. The van der Waals surface area contributed by atoms with Gasteiger partial charge in [0.1, 0.15) is 0 Å². The zero-order valence-corrected chi connectivity index (χ0v) is 26.0. The molecule has 0 fully saturated rings. The Balaban J connectivity index is 0.000000150. The van der Waals surface area contributed by atoms with Crippen LogP contribution in [0.15, 0.2) is 131 Å². The fourth-order valence-electron chi connectivity index (χ4n) is 5.07. The van der Waals surface area contributed by atoms with Crippen LogP contribution in [0.2, 0.25) is 0 Å². The third-order valence-corrected chi connectivity index (χ3v) is 7.12. The molecule has 200 valence electrons. The van der Waals surface area contributed by atoms with E-state index in [4.69, 9.17) is 0 Å². The summed E-state index contributed by atoms with van der Waals surface area (Å²) < 4.78 is 0. The number of rotatable bonds is 2. The van der Waals surface area contributed by atoms with E-state index in [1.807, 2.05) is 121 Å². The Labute approximate surface area is 260 Å². The minimum Gasteiger partial charge on any atom is -0.858 e. The molecule has 0 aliphatic carbocycles. The topological polar surface area (TPSA) is 96.6 Å². The predicted molar refractivity (Wildman–Crippen MR) is 165 cm³/mol. The summed E-state index contributed by atoms with van der Waals surface area (Å²) in [6.07, 6.45) is 3.71. The second kappa shape index (κ2) is 11.9. The molecule has 2 aromatic heterocycles. The van der Waals surface area contributed by atoms with Gasteiger partial charge in [-0.3, -0.25) is 9.98 Å². The number of benzene rings is 4. The maximum Gasteiger partial charge on any atom is 2.00 e. The Morgan fingerprint density at radius 2 is 0.791 bits per heavy atom. The first-order valence-electron chi connectivity index (χ1n) is 13.5. The number of aromatic nitrogens is 2. The van der Waals surface area contributed by atoms with E-state index in [0.717, 1.165) is 44.3 Å². The van der Waals surface area contributed by atoms with Crippen LogP contribution >= 0.6 is 0 Å². The zero-order chi connectivity index (χ0) is 28.5. The van der Waals surface area contributed by atoms with Crippen molar-refractivity contribution in [2.45, 2.75) is 0 Å². The Bertz CT molecular complexity index is 1980. The van der Waals surface area contributed by atoms with Crippen molar-refractivity contribution in [1.29, 1.82) is 0 Å². The van der Waals surface area contributed by atoms with Gasteiger partial charge in [-0.2, -0.15) is 0 Å². The van der Waals surface area contributed by atoms with Crippen molar-refractivity contribution in [2.75, 3.05) is 0 Å². The van der Waals surface area contributed by atoms with Crippen LogP contribution in [0, 0.1) is 0 Å². The molecule has 2 aliphatic heterocycles. The first-order chi connectivity index (χ1) is 20.6. The Hall–Kier alpha value is -5.26. The minimum atomic E-state index is -0.183. The van der Waals surface area contributed by atoms with Gasteiger partial charge in [-0.1, -0.05) is 97.1 Å². The molecule has 6 nitrogen and oxygen atoms in total. The van der Waals surface area contributed by atoms with Crippen LogP contribution in [0.3, 0.4) is 0 Å². The zero-order valence-electron chi connectivity index (χ0n) is 23.0. The van der Waals surface area contributed by atoms with E-state index in [1.165, 1.54) is 0 Å². The van der Waals surface area contributed by atoms with E-state index in [0.29, 0.717) is 22.5 Å². The van der Waals surface area contributed by atoms with Crippen molar-refractivity contribution in [3.63, 3.8) is 0 Å². The summed E-state index contributed by atoms with van der Waals surface area (Å²) in [5.74, 6) is -0.365. The molecular weight excluding hydrogens is 586 g/mol. The maximum atomic E-state index is 11.9. The van der Waals surface area contributed by atoms with Crippen LogP contribution < -0.4 is 10.2 Å². The van der Waals surface area contributed by atoms with Crippen molar-refractivity contribution in [2.24, 2.45) is 9.98 Å². The molecule has 6 aromatic rings. The molecule has 4 heterocycles. The molecule has 0 N–H and O–H groups in total. The fraction of sp³-hybridized carbons (Fsp3) is 0. The van der Waals surface area contributed by atoms with Crippen LogP contribution in [-0.2, 0) is 19.5 Å². The van der Waals surface area contributed by atoms with E-state index < -0.39 is 0 Å². The SMILES string of the molecule is [O-]C1=N/C(=C/c2ccc3ccccc3n2)c2ccccc21.[O-]C1=N/C(=C/c2ccc3ccccc3n2)c2ccccc21.[Zn+2]. The van der Waals surface area contributed by atoms with Crippen molar-refractivity contribution in [3.8, 4) is 0 Å². The van der Waals surface area contributed by atoms with Gasteiger partial charge in [-0.25, -0.2) is 9.97 Å². The van der Waals surface area contributed by atoms with Crippen LogP contribution in [0.4, 0.5) is 0 Å². The van der Waals surface area contributed by atoms with Gasteiger partial charge < -0.3 is 10.2 Å². The van der Waals surface area contributed by atoms with Crippen LogP contribution in [0.25, 0.3) is 45.4 Å². The average molecular weight is 608 g/mol. The van der Waals surface area contributed by atoms with Gasteiger partial charge in [0.2, 0.25) is 0 Å². The van der Waals surface area contributed by atoms with Crippen LogP contribution in [0.5, 0.6) is 0 Å². The molecule has 0 saturated carbocycles. The molecule has 0 unspecified atom stereocenters. The first-order valence-corrected chi connectivity index (χ1v) is 13.5. The minimum absolute atomic E-state index is 0. The van der Waals surface area contributed by atoms with E-state index in [2.05, 4.69) is 20.0 Å². The number of hydrogen-bond acceptors (Lipinski definition) is 6. The first kappa shape index (κ1) is 27.9. The van der Waals surface area contributed by atoms with Crippen LogP contribution in [0.1, 0.15) is 33.6 Å². The van der Waals surface area contributed by atoms with Gasteiger partial charge in [0.05, 0.1) is 33.8 Å². The summed E-state index contributed by atoms with van der Waals surface area (Å²) in [6, 6.07) is 38.8. The van der Waals surface area contributed by atoms with E-state index >= 15 is 0 Å². The Kier molecular flexibility index (Phi) is 7.73. The molecule has 0 atom stereocenters. The third-order valence-electron chi connectivity index (χ3n) is 7.12. The molecule has 7 heteroatoms. The fourth-order valence-corrected chi connectivity index (χ4v) is 5.07. The smallest absolute Gasteiger partial charge is 0.858 e. The second-order valence-corrected chi connectivity index (χ2v) is 9.84. The number of para-hydroxylation sites is 2. The summed E-state index contributed by atoms with van der Waals surface area (Å²) in [6.45, 7) is 0. The molecule has 43 heavy (non-hydrogen) atoms. The molecule has 2 aliphatic rings. The Morgan fingerprint density at radius 3 is 1.23 bits per heavy atom. The van der Waals surface area contributed by atoms with Gasteiger partial charge in [0, 0.05) is 21.9 Å². The van der Waals surface area contributed by atoms with Gasteiger partial charge >= 0.3 is 19.5 Å². The maximum absolute atomic E-state index is 11.9. The molecule has 0 amide bonds. The third kappa shape index (κ3) is 5.63.